The van der Waals surface area contributed by atoms with Crippen LogP contribution in [-0.4, -0.2) is 14.9 Å². The van der Waals surface area contributed by atoms with E-state index in [1.807, 2.05) is 0 Å². The third-order valence-electron chi connectivity index (χ3n) is 2.01. The van der Waals surface area contributed by atoms with Crippen LogP contribution in [-0.2, 0) is 0 Å². The normalized spacial score (nSPS) is 10.1. The molecule has 0 saturated heterocycles. The molecule has 0 bridgehead atoms. The second kappa shape index (κ2) is 5.12. The van der Waals surface area contributed by atoms with Crippen molar-refractivity contribution in [3.05, 3.63) is 54.6 Å². The van der Waals surface area contributed by atoms with Crippen molar-refractivity contribution in [3.63, 3.8) is 0 Å². The van der Waals surface area contributed by atoms with Crippen molar-refractivity contribution in [1.29, 1.82) is 0 Å². The van der Waals surface area contributed by atoms with Crippen molar-refractivity contribution in [2.45, 2.75) is 0 Å². The first-order chi connectivity index (χ1) is 8.58. The Balaban J connectivity index is 2.34. The Labute approximate surface area is 114 Å². The van der Waals surface area contributed by atoms with Crippen molar-refractivity contribution in [3.8, 4) is 11.6 Å². The van der Waals surface area contributed by atoms with Crippen LogP contribution in [0.3, 0.4) is 0 Å². The molecule has 0 aliphatic rings. The zero-order valence-corrected chi connectivity index (χ0v) is 10.9. The fraction of sp³-hybridized carbons (Fsp3) is 0. The molecule has 0 amide bonds. The number of hydrogen-bond acceptors (Lipinski definition) is 5. The number of halogens is 1. The number of aromatic nitrogens is 2. The first-order valence-electron chi connectivity index (χ1n) is 4.73. The lowest BCUT2D eigenvalue weighted by Crippen LogP contribution is -2.11. The quantitative estimate of drug-likeness (QED) is 0.514. The molecule has 0 spiro atoms. The summed E-state index contributed by atoms with van der Waals surface area (Å²) in [6.45, 7) is 0. The van der Waals surface area contributed by atoms with E-state index in [0.717, 1.165) is 0 Å². The van der Waals surface area contributed by atoms with Crippen LogP contribution in [0.5, 0.6) is 11.6 Å². The average Bonchev–Trinajstić information content (AvgIpc) is 2.35. The summed E-state index contributed by atoms with van der Waals surface area (Å²) in [6.07, 6.45) is 1.21. The lowest BCUT2D eigenvalue weighted by Gasteiger charge is -2.04. The maximum absolute atomic E-state index is 11.3. The molecule has 0 radical (unpaired) electrons. The highest BCUT2D eigenvalue weighted by Crippen LogP contribution is 2.25. The van der Waals surface area contributed by atoms with Crippen LogP contribution in [0.15, 0.2) is 35.4 Å². The number of benzene rings is 1. The molecule has 92 valence electrons. The predicted molar refractivity (Wildman–Crippen MR) is 70.7 cm³/mol. The predicted octanol–water partition coefficient (Wildman–Crippen LogP) is 2.08. The number of aromatic amines is 1. The molecule has 2 rings (SSSR count). The second-order valence-electron chi connectivity index (χ2n) is 3.21. The monoisotopic (exact) mass is 359 g/mol. The van der Waals surface area contributed by atoms with Crippen LogP contribution >= 0.6 is 22.6 Å². The van der Waals surface area contributed by atoms with E-state index in [9.17, 15) is 14.9 Å². The van der Waals surface area contributed by atoms with Crippen molar-refractivity contribution < 1.29 is 9.66 Å². The molecule has 7 nitrogen and oxygen atoms in total. The maximum atomic E-state index is 11.3. The molecule has 8 heteroatoms. The summed E-state index contributed by atoms with van der Waals surface area (Å²) < 4.78 is 5.62. The molecular weight excluding hydrogens is 353 g/mol. The molecule has 0 saturated carbocycles. The molecule has 0 atom stereocenters. The highest BCUT2D eigenvalue weighted by Gasteiger charge is 2.10. The summed E-state index contributed by atoms with van der Waals surface area (Å²) in [6, 6.07) is 5.65. The Bertz CT molecular complexity index is 656. The first kappa shape index (κ1) is 12.5. The van der Waals surface area contributed by atoms with Crippen molar-refractivity contribution in [1.82, 2.24) is 9.97 Å². The van der Waals surface area contributed by atoms with Gasteiger partial charge in [-0.05, 0) is 28.7 Å². The average molecular weight is 359 g/mol. The molecular formula is C10H6IN3O4. The highest BCUT2D eigenvalue weighted by molar-refractivity contribution is 14.1. The van der Waals surface area contributed by atoms with Crippen LogP contribution < -0.4 is 10.3 Å². The number of nitro groups is 1. The summed E-state index contributed by atoms with van der Waals surface area (Å²) in [5.74, 6) is 0.361. The molecule has 0 aliphatic heterocycles. The lowest BCUT2D eigenvalue weighted by molar-refractivity contribution is -0.384. The van der Waals surface area contributed by atoms with Gasteiger partial charge in [-0.25, -0.2) is 4.98 Å². The molecule has 18 heavy (non-hydrogen) atoms. The smallest absolute Gasteiger partial charge is 0.273 e. The maximum Gasteiger partial charge on any atom is 0.273 e. The molecule has 0 fully saturated rings. The van der Waals surface area contributed by atoms with Gasteiger partial charge in [0.2, 0.25) is 5.88 Å². The second-order valence-corrected chi connectivity index (χ2v) is 4.29. The minimum atomic E-state index is -0.525. The molecule has 2 aromatic rings. The Kier molecular flexibility index (Phi) is 3.55. The lowest BCUT2D eigenvalue weighted by atomic mass is 10.3. The van der Waals surface area contributed by atoms with Gasteiger partial charge in [0.05, 0.1) is 17.3 Å². The summed E-state index contributed by atoms with van der Waals surface area (Å²) >= 11 is 1.79. The van der Waals surface area contributed by atoms with Crippen LogP contribution in [0, 0.1) is 13.7 Å². The number of H-pyrrole nitrogens is 1. The van der Waals surface area contributed by atoms with Crippen LogP contribution in [0.4, 0.5) is 5.69 Å². The van der Waals surface area contributed by atoms with Crippen molar-refractivity contribution in [2.75, 3.05) is 0 Å². The van der Waals surface area contributed by atoms with Crippen LogP contribution in [0.1, 0.15) is 0 Å². The van der Waals surface area contributed by atoms with E-state index in [4.69, 9.17) is 4.74 Å². The fourth-order valence-corrected chi connectivity index (χ4v) is 1.62. The minimum Gasteiger partial charge on any atom is -0.437 e. The summed E-state index contributed by atoms with van der Waals surface area (Å²) in [7, 11) is 0. The van der Waals surface area contributed by atoms with Gasteiger partial charge in [-0.2, -0.15) is 0 Å². The number of nitrogens with zero attached hydrogens (tertiary/aromatic N) is 2. The summed E-state index contributed by atoms with van der Waals surface area (Å²) in [5.41, 5.74) is -0.418. The molecule has 1 aromatic heterocycles. The molecule has 0 aliphatic carbocycles. The van der Waals surface area contributed by atoms with Gasteiger partial charge < -0.3 is 9.72 Å². The SMILES string of the molecule is O=c1[nH]cnc(Oc2cccc([N+](=O)[O-])c2)c1I. The van der Waals surface area contributed by atoms with Gasteiger partial charge in [0.25, 0.3) is 11.2 Å². The van der Waals surface area contributed by atoms with Crippen molar-refractivity contribution >= 4 is 28.3 Å². The van der Waals surface area contributed by atoms with E-state index in [2.05, 4.69) is 9.97 Å². The number of rotatable bonds is 3. The van der Waals surface area contributed by atoms with Crippen LogP contribution in [0.25, 0.3) is 0 Å². The number of hydrogen-bond donors (Lipinski definition) is 1. The number of nitrogens with one attached hydrogen (secondary N) is 1. The highest BCUT2D eigenvalue weighted by atomic mass is 127. The van der Waals surface area contributed by atoms with Gasteiger partial charge in [0.1, 0.15) is 9.32 Å². The Morgan fingerprint density at radius 3 is 2.94 bits per heavy atom. The molecule has 1 N–H and O–H groups in total. The zero-order chi connectivity index (χ0) is 13.1. The van der Waals surface area contributed by atoms with Gasteiger partial charge in [-0.1, -0.05) is 6.07 Å². The number of non-ortho nitro benzene ring substituents is 1. The number of ether oxygens (including phenoxy) is 1. The summed E-state index contributed by atoms with van der Waals surface area (Å²) in [5, 5.41) is 10.6. The van der Waals surface area contributed by atoms with E-state index in [0.29, 0.717) is 0 Å². The molecule has 1 aromatic carbocycles. The Hall–Kier alpha value is -1.97. The van der Waals surface area contributed by atoms with Gasteiger partial charge >= 0.3 is 0 Å². The topological polar surface area (TPSA) is 98.1 Å². The van der Waals surface area contributed by atoms with Crippen LogP contribution in [0.2, 0.25) is 0 Å². The fourth-order valence-electron chi connectivity index (χ4n) is 1.21. The summed E-state index contributed by atoms with van der Waals surface area (Å²) in [4.78, 5) is 27.6. The Morgan fingerprint density at radius 1 is 1.44 bits per heavy atom. The van der Waals surface area contributed by atoms with Crippen molar-refractivity contribution in [2.24, 2.45) is 0 Å². The molecule has 1 heterocycles. The third kappa shape index (κ3) is 2.64. The van der Waals surface area contributed by atoms with Gasteiger partial charge in [0.15, 0.2) is 0 Å². The van der Waals surface area contributed by atoms with E-state index < -0.39 is 4.92 Å². The first-order valence-corrected chi connectivity index (χ1v) is 5.81. The van der Waals surface area contributed by atoms with Gasteiger partial charge in [0, 0.05) is 6.07 Å². The molecule has 0 unspecified atom stereocenters. The largest absolute Gasteiger partial charge is 0.437 e. The zero-order valence-electron chi connectivity index (χ0n) is 8.79. The van der Waals surface area contributed by atoms with E-state index in [1.165, 1.54) is 24.5 Å². The van der Waals surface area contributed by atoms with Gasteiger partial charge in [-0.3, -0.25) is 14.9 Å². The standard InChI is InChI=1S/C10H6IN3O4/c11-8-9(15)12-5-13-10(8)18-7-3-1-2-6(4-7)14(16)17/h1-5H,(H,12,13,15). The van der Waals surface area contributed by atoms with Gasteiger partial charge in [-0.15, -0.1) is 0 Å². The van der Waals surface area contributed by atoms with E-state index >= 15 is 0 Å². The minimum absolute atomic E-state index is 0.0904. The van der Waals surface area contributed by atoms with E-state index in [1.54, 1.807) is 28.7 Å². The Morgan fingerprint density at radius 2 is 2.22 bits per heavy atom. The van der Waals surface area contributed by atoms with E-state index in [-0.39, 0.29) is 26.4 Å². The third-order valence-corrected chi connectivity index (χ3v) is 2.96. The number of nitro benzene ring substituents is 1.